The monoisotopic (exact) mass is 314 g/mol. The summed E-state index contributed by atoms with van der Waals surface area (Å²) in [6, 6.07) is 3.97. The van der Waals surface area contributed by atoms with Gasteiger partial charge in [0.25, 0.3) is 0 Å². The van der Waals surface area contributed by atoms with Crippen molar-refractivity contribution < 1.29 is 23.1 Å². The summed E-state index contributed by atoms with van der Waals surface area (Å²) in [6.45, 7) is 0.583. The molecule has 0 aliphatic carbocycles. The van der Waals surface area contributed by atoms with E-state index in [-0.39, 0.29) is 28.8 Å². The number of anilines is 2. The molecule has 2 rings (SSSR count). The third-order valence-corrected chi connectivity index (χ3v) is 5.28. The third-order valence-electron chi connectivity index (χ3n) is 3.45. The van der Waals surface area contributed by atoms with Crippen molar-refractivity contribution in [1.82, 2.24) is 0 Å². The average molecular weight is 314 g/mol. The van der Waals surface area contributed by atoms with E-state index in [1.807, 2.05) is 0 Å². The van der Waals surface area contributed by atoms with Gasteiger partial charge in [-0.2, -0.15) is 0 Å². The minimum Gasteiger partial charge on any atom is -0.478 e. The maximum atomic E-state index is 12.3. The first-order valence-corrected chi connectivity index (χ1v) is 8.13. The number of sulfonamides is 1. The molecule has 1 aromatic rings. The number of carboxylic acid groups (broad SMARTS) is 1. The van der Waals surface area contributed by atoms with E-state index < -0.39 is 16.0 Å². The zero-order chi connectivity index (χ0) is 15.6. The van der Waals surface area contributed by atoms with Gasteiger partial charge in [0.1, 0.15) is 0 Å². The van der Waals surface area contributed by atoms with Crippen LogP contribution in [0.25, 0.3) is 0 Å². The Bertz CT molecular complexity index is 638. The zero-order valence-corrected chi connectivity index (χ0v) is 12.5. The number of rotatable bonds is 5. The van der Waals surface area contributed by atoms with Gasteiger partial charge in [-0.05, 0) is 31.0 Å². The topological polar surface area (TPSA) is 110 Å². The molecule has 1 atom stereocenters. The normalized spacial score (nSPS) is 18.6. The van der Waals surface area contributed by atoms with Crippen molar-refractivity contribution in [1.29, 1.82) is 0 Å². The molecule has 0 saturated carbocycles. The van der Waals surface area contributed by atoms with E-state index in [2.05, 4.69) is 0 Å². The molecule has 1 saturated heterocycles. The molecule has 0 radical (unpaired) electrons. The molecular weight excluding hydrogens is 296 g/mol. The summed E-state index contributed by atoms with van der Waals surface area (Å²) in [5.74, 6) is -1.22. The lowest BCUT2D eigenvalue weighted by Gasteiger charge is -2.22. The van der Waals surface area contributed by atoms with E-state index in [4.69, 9.17) is 15.6 Å². The predicted molar refractivity (Wildman–Crippen MR) is 79.0 cm³/mol. The lowest BCUT2D eigenvalue weighted by atomic mass is 10.2. The molecule has 0 spiro atoms. The molecule has 1 aliphatic heterocycles. The van der Waals surface area contributed by atoms with Gasteiger partial charge >= 0.3 is 5.97 Å². The van der Waals surface area contributed by atoms with Gasteiger partial charge in [0.2, 0.25) is 10.0 Å². The third kappa shape index (κ3) is 3.45. The Balaban J connectivity index is 2.22. The summed E-state index contributed by atoms with van der Waals surface area (Å²) in [5.41, 5.74) is 6.15. The summed E-state index contributed by atoms with van der Waals surface area (Å²) in [4.78, 5) is 10.9. The standard InChI is InChI=1S/C13H18N2O5S/c1-15(21(18,19)8-10-3-2-6-20-10)12-5-4-9(13(16)17)7-11(12)14/h4-5,7,10H,2-3,6,8,14H2,1H3,(H,16,17). The molecule has 0 amide bonds. The second kappa shape index (κ2) is 5.90. The number of carboxylic acids is 1. The Morgan fingerprint density at radius 1 is 1.52 bits per heavy atom. The van der Waals surface area contributed by atoms with Crippen LogP contribution in [0.15, 0.2) is 18.2 Å². The van der Waals surface area contributed by atoms with E-state index in [1.54, 1.807) is 0 Å². The van der Waals surface area contributed by atoms with Crippen LogP contribution in [0.4, 0.5) is 11.4 Å². The fraction of sp³-hybridized carbons (Fsp3) is 0.462. The highest BCUT2D eigenvalue weighted by Gasteiger charge is 2.27. The van der Waals surface area contributed by atoms with Crippen molar-refractivity contribution in [2.24, 2.45) is 0 Å². The van der Waals surface area contributed by atoms with Crippen LogP contribution in [0.3, 0.4) is 0 Å². The molecule has 1 aliphatic rings. The molecule has 1 heterocycles. The molecule has 21 heavy (non-hydrogen) atoms. The second-order valence-electron chi connectivity index (χ2n) is 4.96. The van der Waals surface area contributed by atoms with E-state index >= 15 is 0 Å². The number of nitrogens with zero attached hydrogens (tertiary/aromatic N) is 1. The number of nitrogen functional groups attached to an aromatic ring is 1. The summed E-state index contributed by atoms with van der Waals surface area (Å²) in [7, 11) is -2.17. The highest BCUT2D eigenvalue weighted by atomic mass is 32.2. The van der Waals surface area contributed by atoms with Crippen LogP contribution in [0.1, 0.15) is 23.2 Å². The first-order valence-electron chi connectivity index (χ1n) is 6.52. The predicted octanol–water partition coefficient (Wildman–Crippen LogP) is 0.912. The summed E-state index contributed by atoms with van der Waals surface area (Å²) < 4.78 is 31.1. The second-order valence-corrected chi connectivity index (χ2v) is 7.00. The highest BCUT2D eigenvalue weighted by molar-refractivity contribution is 7.92. The van der Waals surface area contributed by atoms with Gasteiger partial charge in [0, 0.05) is 13.7 Å². The van der Waals surface area contributed by atoms with E-state index in [1.165, 1.54) is 25.2 Å². The van der Waals surface area contributed by atoms with Gasteiger partial charge < -0.3 is 15.6 Å². The van der Waals surface area contributed by atoms with Crippen LogP contribution in [-0.4, -0.2) is 45.0 Å². The summed E-state index contributed by atoms with van der Waals surface area (Å²) in [6.07, 6.45) is 1.29. The average Bonchev–Trinajstić information content (AvgIpc) is 2.89. The first kappa shape index (κ1) is 15.6. The number of benzene rings is 1. The Morgan fingerprint density at radius 3 is 2.76 bits per heavy atom. The summed E-state index contributed by atoms with van der Waals surface area (Å²) in [5, 5.41) is 8.88. The van der Waals surface area contributed by atoms with Crippen LogP contribution in [0.2, 0.25) is 0 Å². The van der Waals surface area contributed by atoms with E-state index in [0.717, 1.165) is 17.1 Å². The van der Waals surface area contributed by atoms with Crippen molar-refractivity contribution in [3.8, 4) is 0 Å². The van der Waals surface area contributed by atoms with Gasteiger partial charge in [0.05, 0.1) is 28.8 Å². The van der Waals surface area contributed by atoms with Crippen LogP contribution in [0.5, 0.6) is 0 Å². The molecule has 0 bridgehead atoms. The number of aromatic carboxylic acids is 1. The molecule has 1 unspecified atom stereocenters. The van der Waals surface area contributed by atoms with E-state index in [9.17, 15) is 13.2 Å². The molecule has 8 heteroatoms. The number of hydrogen-bond acceptors (Lipinski definition) is 5. The smallest absolute Gasteiger partial charge is 0.335 e. The Kier molecular flexibility index (Phi) is 4.38. The van der Waals surface area contributed by atoms with Crippen molar-refractivity contribution >= 4 is 27.4 Å². The lowest BCUT2D eigenvalue weighted by Crippen LogP contribution is -2.34. The van der Waals surface area contributed by atoms with Gasteiger partial charge in [-0.1, -0.05) is 0 Å². The van der Waals surface area contributed by atoms with E-state index in [0.29, 0.717) is 6.61 Å². The molecule has 1 aromatic carbocycles. The largest absolute Gasteiger partial charge is 0.478 e. The SMILES string of the molecule is CN(c1ccc(C(=O)O)cc1N)S(=O)(=O)CC1CCCO1. The number of ether oxygens (including phenoxy) is 1. The molecule has 116 valence electrons. The quantitative estimate of drug-likeness (QED) is 0.782. The van der Waals surface area contributed by atoms with Crippen LogP contribution in [0, 0.1) is 0 Å². The minimum atomic E-state index is -3.57. The number of hydrogen-bond donors (Lipinski definition) is 2. The van der Waals surface area contributed by atoms with Crippen molar-refractivity contribution in [2.75, 3.05) is 29.4 Å². The Labute approximate surface area is 123 Å². The van der Waals surface area contributed by atoms with Gasteiger partial charge in [0.15, 0.2) is 0 Å². The van der Waals surface area contributed by atoms with Crippen LogP contribution >= 0.6 is 0 Å². The molecule has 0 aromatic heterocycles. The van der Waals surface area contributed by atoms with Crippen molar-refractivity contribution in [3.05, 3.63) is 23.8 Å². The Hall–Kier alpha value is -1.80. The van der Waals surface area contributed by atoms with Gasteiger partial charge in [-0.3, -0.25) is 4.31 Å². The van der Waals surface area contributed by atoms with Gasteiger partial charge in [-0.25, -0.2) is 13.2 Å². The molecule has 7 nitrogen and oxygen atoms in total. The van der Waals surface area contributed by atoms with Crippen LogP contribution in [-0.2, 0) is 14.8 Å². The zero-order valence-electron chi connectivity index (χ0n) is 11.7. The molecule has 3 N–H and O–H groups in total. The van der Waals surface area contributed by atoms with Gasteiger partial charge in [-0.15, -0.1) is 0 Å². The highest BCUT2D eigenvalue weighted by Crippen LogP contribution is 2.27. The Morgan fingerprint density at radius 2 is 2.24 bits per heavy atom. The molecular formula is C13H18N2O5S. The fourth-order valence-corrected chi connectivity index (χ4v) is 3.67. The van der Waals surface area contributed by atoms with Crippen LogP contribution < -0.4 is 10.0 Å². The first-order chi connectivity index (χ1) is 9.81. The van der Waals surface area contributed by atoms with Crippen molar-refractivity contribution in [2.45, 2.75) is 18.9 Å². The fourth-order valence-electron chi connectivity index (χ4n) is 2.25. The molecule has 1 fully saturated rings. The maximum Gasteiger partial charge on any atom is 0.335 e. The number of carbonyl (C=O) groups is 1. The van der Waals surface area contributed by atoms with Crippen molar-refractivity contribution in [3.63, 3.8) is 0 Å². The summed E-state index contributed by atoms with van der Waals surface area (Å²) >= 11 is 0. The maximum absolute atomic E-state index is 12.3. The lowest BCUT2D eigenvalue weighted by molar-refractivity contribution is 0.0697. The minimum absolute atomic E-state index is 0.0150. The number of nitrogens with two attached hydrogens (primary N) is 1.